The van der Waals surface area contributed by atoms with Gasteiger partial charge in [-0.2, -0.15) is 0 Å². The Labute approximate surface area is 98.1 Å². The van der Waals surface area contributed by atoms with E-state index in [1.807, 2.05) is 24.3 Å². The summed E-state index contributed by atoms with van der Waals surface area (Å²) in [6, 6.07) is 9.90. The maximum absolute atomic E-state index is 11.1. The van der Waals surface area contributed by atoms with Crippen LogP contribution in [-0.2, 0) is 6.42 Å². The van der Waals surface area contributed by atoms with Gasteiger partial charge in [0.25, 0.3) is 0 Å². The van der Waals surface area contributed by atoms with Crippen LogP contribution in [-0.4, -0.2) is 12.2 Å². The second-order valence-electron chi connectivity index (χ2n) is 3.59. The highest BCUT2D eigenvalue weighted by Gasteiger charge is 2.06. The van der Waals surface area contributed by atoms with E-state index in [1.54, 1.807) is 7.11 Å². The van der Waals surface area contributed by atoms with E-state index in [1.165, 1.54) is 6.07 Å². The number of methoxy groups -OCH3 is 1. The molecular formula is C13H12O4. The summed E-state index contributed by atoms with van der Waals surface area (Å²) in [5.74, 6) is 1.03. The van der Waals surface area contributed by atoms with Gasteiger partial charge >= 0.3 is 5.63 Å². The smallest absolute Gasteiger partial charge is 0.339 e. The Kier molecular flexibility index (Phi) is 3.14. The van der Waals surface area contributed by atoms with Crippen molar-refractivity contribution in [3.8, 4) is 11.5 Å². The molecule has 1 N–H and O–H groups in total. The molecule has 0 bridgehead atoms. The summed E-state index contributed by atoms with van der Waals surface area (Å²) in [5, 5.41) is 9.31. The summed E-state index contributed by atoms with van der Waals surface area (Å²) in [4.78, 5) is 11.1. The number of hydrogen-bond acceptors (Lipinski definition) is 4. The first-order valence-corrected chi connectivity index (χ1v) is 5.14. The standard InChI is InChI=1S/C13H12O4/c1-16-12-5-3-2-4-9(12)6-11-7-10(14)8-13(15)17-11/h2-5,7-8,14H,6H2,1H3. The van der Waals surface area contributed by atoms with Gasteiger partial charge in [0.15, 0.2) is 0 Å². The number of hydrogen-bond donors (Lipinski definition) is 1. The second kappa shape index (κ2) is 4.74. The van der Waals surface area contributed by atoms with Crippen LogP contribution >= 0.6 is 0 Å². The van der Waals surface area contributed by atoms with Crippen LogP contribution in [0.3, 0.4) is 0 Å². The second-order valence-corrected chi connectivity index (χ2v) is 3.59. The lowest BCUT2D eigenvalue weighted by Gasteiger charge is -2.07. The minimum absolute atomic E-state index is 0.0915. The Hall–Kier alpha value is -2.23. The number of aromatic hydroxyl groups is 1. The zero-order valence-electron chi connectivity index (χ0n) is 9.34. The zero-order chi connectivity index (χ0) is 12.3. The van der Waals surface area contributed by atoms with E-state index in [9.17, 15) is 9.90 Å². The largest absolute Gasteiger partial charge is 0.508 e. The first-order valence-electron chi connectivity index (χ1n) is 5.14. The van der Waals surface area contributed by atoms with Gasteiger partial charge in [-0.05, 0) is 6.07 Å². The molecule has 4 heteroatoms. The zero-order valence-corrected chi connectivity index (χ0v) is 9.34. The average Bonchev–Trinajstić information content (AvgIpc) is 2.28. The fourth-order valence-electron chi connectivity index (χ4n) is 1.64. The molecule has 1 heterocycles. The molecule has 0 unspecified atom stereocenters. The van der Waals surface area contributed by atoms with E-state index in [4.69, 9.17) is 9.15 Å². The molecule has 0 aliphatic heterocycles. The normalized spacial score (nSPS) is 10.2. The van der Waals surface area contributed by atoms with Gasteiger partial charge in [-0.15, -0.1) is 0 Å². The third-order valence-corrected chi connectivity index (χ3v) is 2.36. The Morgan fingerprint density at radius 2 is 2.06 bits per heavy atom. The van der Waals surface area contributed by atoms with Gasteiger partial charge in [-0.25, -0.2) is 4.79 Å². The van der Waals surface area contributed by atoms with Crippen LogP contribution in [0.25, 0.3) is 0 Å². The van der Waals surface area contributed by atoms with Crippen molar-refractivity contribution in [3.63, 3.8) is 0 Å². The molecule has 1 aromatic heterocycles. The van der Waals surface area contributed by atoms with Crippen LogP contribution in [0.5, 0.6) is 11.5 Å². The monoisotopic (exact) mass is 232 g/mol. The molecule has 0 aliphatic rings. The molecule has 0 aliphatic carbocycles. The van der Waals surface area contributed by atoms with Gasteiger partial charge in [-0.3, -0.25) is 0 Å². The minimum atomic E-state index is -0.560. The highest BCUT2D eigenvalue weighted by molar-refractivity contribution is 5.36. The summed E-state index contributed by atoms with van der Waals surface area (Å²) in [7, 11) is 1.58. The van der Waals surface area contributed by atoms with E-state index in [0.717, 1.165) is 17.4 Å². The Morgan fingerprint density at radius 1 is 1.29 bits per heavy atom. The van der Waals surface area contributed by atoms with Crippen LogP contribution in [0.1, 0.15) is 11.3 Å². The van der Waals surface area contributed by atoms with Crippen molar-refractivity contribution >= 4 is 0 Å². The molecule has 0 saturated heterocycles. The first-order chi connectivity index (χ1) is 8.19. The van der Waals surface area contributed by atoms with E-state index in [-0.39, 0.29) is 5.75 Å². The molecule has 0 atom stereocenters. The van der Waals surface area contributed by atoms with E-state index in [0.29, 0.717) is 12.2 Å². The van der Waals surface area contributed by atoms with Crippen molar-refractivity contribution in [2.45, 2.75) is 6.42 Å². The molecule has 2 rings (SSSR count). The third-order valence-electron chi connectivity index (χ3n) is 2.36. The van der Waals surface area contributed by atoms with Crippen LogP contribution in [0, 0.1) is 0 Å². The van der Waals surface area contributed by atoms with Crippen molar-refractivity contribution in [2.24, 2.45) is 0 Å². The van der Waals surface area contributed by atoms with Crippen molar-refractivity contribution < 1.29 is 14.3 Å². The molecule has 17 heavy (non-hydrogen) atoms. The number of ether oxygens (including phenoxy) is 1. The molecule has 0 radical (unpaired) electrons. The topological polar surface area (TPSA) is 59.7 Å². The van der Waals surface area contributed by atoms with Gasteiger partial charge in [0, 0.05) is 18.1 Å². The van der Waals surface area contributed by atoms with Crippen molar-refractivity contribution in [1.82, 2.24) is 0 Å². The van der Waals surface area contributed by atoms with E-state index >= 15 is 0 Å². The fraction of sp³-hybridized carbons (Fsp3) is 0.154. The van der Waals surface area contributed by atoms with Crippen molar-refractivity contribution in [2.75, 3.05) is 7.11 Å². The highest BCUT2D eigenvalue weighted by Crippen LogP contribution is 2.21. The van der Waals surface area contributed by atoms with E-state index < -0.39 is 5.63 Å². The van der Waals surface area contributed by atoms with Gasteiger partial charge in [0.1, 0.15) is 17.3 Å². The van der Waals surface area contributed by atoms with Crippen molar-refractivity contribution in [1.29, 1.82) is 0 Å². The van der Waals surface area contributed by atoms with Crippen molar-refractivity contribution in [3.05, 3.63) is 58.1 Å². The predicted molar refractivity (Wildman–Crippen MR) is 62.4 cm³/mol. The molecule has 88 valence electrons. The predicted octanol–water partition coefficient (Wildman–Crippen LogP) is 1.94. The molecular weight excluding hydrogens is 220 g/mol. The molecule has 2 aromatic rings. The van der Waals surface area contributed by atoms with Gasteiger partial charge in [-0.1, -0.05) is 18.2 Å². The molecule has 0 fully saturated rings. The quantitative estimate of drug-likeness (QED) is 0.878. The Morgan fingerprint density at radius 3 is 2.76 bits per heavy atom. The lowest BCUT2D eigenvalue weighted by molar-refractivity contribution is 0.404. The Balaban J connectivity index is 2.34. The first kappa shape index (κ1) is 11.3. The SMILES string of the molecule is COc1ccccc1Cc1cc(O)cc(=O)o1. The third kappa shape index (κ3) is 2.66. The summed E-state index contributed by atoms with van der Waals surface area (Å²) >= 11 is 0. The summed E-state index contributed by atoms with van der Waals surface area (Å²) in [6.45, 7) is 0. The summed E-state index contributed by atoms with van der Waals surface area (Å²) < 4.78 is 10.2. The van der Waals surface area contributed by atoms with Gasteiger partial charge in [0.2, 0.25) is 0 Å². The maximum atomic E-state index is 11.1. The van der Waals surface area contributed by atoms with Crippen LogP contribution in [0.4, 0.5) is 0 Å². The van der Waals surface area contributed by atoms with Gasteiger partial charge in [0.05, 0.1) is 13.2 Å². The highest BCUT2D eigenvalue weighted by atomic mass is 16.5. The van der Waals surface area contributed by atoms with Crippen LogP contribution < -0.4 is 10.4 Å². The molecule has 0 amide bonds. The lowest BCUT2D eigenvalue weighted by atomic mass is 10.1. The molecule has 0 spiro atoms. The van der Waals surface area contributed by atoms with E-state index in [2.05, 4.69) is 0 Å². The molecule has 0 saturated carbocycles. The number of para-hydroxylation sites is 1. The number of rotatable bonds is 3. The summed E-state index contributed by atoms with van der Waals surface area (Å²) in [6.07, 6.45) is 0.396. The average molecular weight is 232 g/mol. The van der Waals surface area contributed by atoms with Crippen LogP contribution in [0.15, 0.2) is 45.6 Å². The lowest BCUT2D eigenvalue weighted by Crippen LogP contribution is -2.00. The summed E-state index contributed by atoms with van der Waals surface area (Å²) in [5.41, 5.74) is 0.332. The fourth-order valence-corrected chi connectivity index (χ4v) is 1.64. The Bertz CT molecular complexity index is 572. The molecule has 1 aromatic carbocycles. The molecule has 4 nitrogen and oxygen atoms in total. The number of benzene rings is 1. The minimum Gasteiger partial charge on any atom is -0.508 e. The maximum Gasteiger partial charge on any atom is 0.339 e. The van der Waals surface area contributed by atoms with Gasteiger partial charge < -0.3 is 14.3 Å². The van der Waals surface area contributed by atoms with Crippen LogP contribution in [0.2, 0.25) is 0 Å².